The normalized spacial score (nSPS) is 11.8. The second-order valence-electron chi connectivity index (χ2n) is 1.79. The third-order valence-corrected chi connectivity index (χ3v) is 1.22. The highest BCUT2D eigenvalue weighted by molar-refractivity contribution is 7.73. The fourth-order valence-corrected chi connectivity index (χ4v) is 0.663. The number of hydrogen-bond donors (Lipinski definition) is 2. The van der Waals surface area contributed by atoms with E-state index >= 15 is 0 Å². The van der Waals surface area contributed by atoms with Crippen LogP contribution in [0.25, 0.3) is 11.1 Å². The van der Waals surface area contributed by atoms with Crippen molar-refractivity contribution in [1.29, 1.82) is 0 Å². The van der Waals surface area contributed by atoms with Crippen LogP contribution in [0.3, 0.4) is 0 Å². The van der Waals surface area contributed by atoms with E-state index in [1.165, 1.54) is 11.1 Å². The summed E-state index contributed by atoms with van der Waals surface area (Å²) in [6, 6.07) is 8.48. The molecule has 0 amide bonds. The average molecular weight is 174 g/mol. The zero-order valence-electron chi connectivity index (χ0n) is 5.69. The van der Waals surface area contributed by atoms with E-state index in [0.717, 1.165) is 0 Å². The van der Waals surface area contributed by atoms with Gasteiger partial charge in [-0.15, -0.1) is 0 Å². The van der Waals surface area contributed by atoms with Crippen LogP contribution < -0.4 is 6.15 Å². The van der Waals surface area contributed by atoms with E-state index in [1.807, 2.05) is 0 Å². The molecule has 0 bridgehead atoms. The summed E-state index contributed by atoms with van der Waals surface area (Å²) in [5.41, 5.74) is 2.85. The fourth-order valence-electron chi connectivity index (χ4n) is 0.663. The Morgan fingerprint density at radius 1 is 1.18 bits per heavy atom. The fraction of sp³-hybridized carbons (Fsp3) is 0. The second kappa shape index (κ2) is 4.20. The standard InChI is InChI=1S/C6H4.H3N.H2O3S/c1-2-6-4-3-5(1)6;;1-4(2)3/h1-4H;1H3;(H2,1,2,3)/p-1. The van der Waals surface area contributed by atoms with Gasteiger partial charge in [-0.25, -0.2) is 4.21 Å². The van der Waals surface area contributed by atoms with Gasteiger partial charge in [-0.3, -0.25) is 0 Å². The first-order valence-corrected chi connectivity index (χ1v) is 3.62. The predicted octanol–water partition coefficient (Wildman–Crippen LogP) is 1.17. The van der Waals surface area contributed by atoms with E-state index in [4.69, 9.17) is 13.3 Å². The van der Waals surface area contributed by atoms with Gasteiger partial charge in [-0.05, 0) is 11.1 Å². The van der Waals surface area contributed by atoms with Gasteiger partial charge in [0.1, 0.15) is 0 Å². The molecule has 1 atom stereocenters. The summed E-state index contributed by atoms with van der Waals surface area (Å²) in [7, 11) is 0. The van der Waals surface area contributed by atoms with Crippen LogP contribution in [0.2, 0.25) is 0 Å². The topological polar surface area (TPSA) is 95.4 Å². The van der Waals surface area contributed by atoms with Gasteiger partial charge in [-0.1, -0.05) is 24.3 Å². The third kappa shape index (κ3) is 2.77. The van der Waals surface area contributed by atoms with Crippen molar-refractivity contribution in [2.75, 3.05) is 0 Å². The lowest BCUT2D eigenvalue weighted by molar-refractivity contribution is 0.436. The van der Waals surface area contributed by atoms with Crippen LogP contribution in [0.5, 0.6) is 0 Å². The van der Waals surface area contributed by atoms with E-state index in [0.29, 0.717) is 0 Å². The summed E-state index contributed by atoms with van der Waals surface area (Å²) in [5.74, 6) is 0. The van der Waals surface area contributed by atoms with Crippen molar-refractivity contribution >= 4 is 11.4 Å². The summed E-state index contributed by atoms with van der Waals surface area (Å²) < 4.78 is 24.1. The maximum absolute atomic E-state index is 8.56. The molecule has 0 aliphatic heterocycles. The van der Waals surface area contributed by atoms with Crippen LogP contribution in [0.15, 0.2) is 24.3 Å². The molecule has 11 heavy (non-hydrogen) atoms. The minimum atomic E-state index is -2.86. The molecule has 4 nitrogen and oxygen atoms in total. The van der Waals surface area contributed by atoms with Gasteiger partial charge in [0.2, 0.25) is 0 Å². The first-order chi connectivity index (χ1) is 4.70. The maximum atomic E-state index is 8.56. The molecule has 0 saturated carbocycles. The molecular weight excluding hydrogens is 166 g/mol. The molecule has 0 saturated heterocycles. The summed E-state index contributed by atoms with van der Waals surface area (Å²) in [4.78, 5) is 0. The number of rotatable bonds is 0. The molecular formula is C6H8NO3S-. The van der Waals surface area contributed by atoms with E-state index < -0.39 is 11.4 Å². The van der Waals surface area contributed by atoms with Crippen LogP contribution in [0.4, 0.5) is 0 Å². The molecule has 0 fully saturated rings. The SMILES string of the molecule is N.O=S([O-])O.c1cc2ccc1-2. The highest BCUT2D eigenvalue weighted by Crippen LogP contribution is 2.29. The van der Waals surface area contributed by atoms with E-state index in [-0.39, 0.29) is 6.15 Å². The van der Waals surface area contributed by atoms with Crippen LogP contribution >= 0.6 is 0 Å². The molecule has 2 aliphatic carbocycles. The number of benzene rings is 1. The van der Waals surface area contributed by atoms with E-state index in [2.05, 4.69) is 24.3 Å². The zero-order valence-corrected chi connectivity index (χ0v) is 6.50. The smallest absolute Gasteiger partial charge is 0.0814 e. The Labute approximate surface area is 66.9 Å². The quantitative estimate of drug-likeness (QED) is 0.586. The van der Waals surface area contributed by atoms with E-state index in [9.17, 15) is 0 Å². The van der Waals surface area contributed by atoms with Crippen molar-refractivity contribution in [2.45, 2.75) is 0 Å². The first kappa shape index (κ1) is 10.2. The van der Waals surface area contributed by atoms with Gasteiger partial charge >= 0.3 is 0 Å². The average Bonchev–Trinajstić information content (AvgIpc) is 1.77. The molecule has 4 N–H and O–H groups in total. The number of fused-ring (bicyclic) bond motifs is 1. The molecule has 5 heteroatoms. The summed E-state index contributed by atoms with van der Waals surface area (Å²) in [6.07, 6.45) is 0. The lowest BCUT2D eigenvalue weighted by atomic mass is 9.95. The molecule has 0 heterocycles. The summed E-state index contributed by atoms with van der Waals surface area (Å²) >= 11 is -2.86. The van der Waals surface area contributed by atoms with Gasteiger partial charge in [0.25, 0.3) is 0 Å². The lowest BCUT2D eigenvalue weighted by Gasteiger charge is -2.10. The highest BCUT2D eigenvalue weighted by atomic mass is 32.2. The molecule has 0 radical (unpaired) electrons. The second-order valence-corrected chi connectivity index (χ2v) is 2.23. The van der Waals surface area contributed by atoms with Gasteiger partial charge < -0.3 is 15.3 Å². The van der Waals surface area contributed by atoms with Crippen molar-refractivity contribution in [3.63, 3.8) is 0 Å². The van der Waals surface area contributed by atoms with Crippen molar-refractivity contribution in [2.24, 2.45) is 0 Å². The Bertz CT molecular complexity index is 222. The van der Waals surface area contributed by atoms with Crippen molar-refractivity contribution in [1.82, 2.24) is 6.15 Å². The Morgan fingerprint density at radius 3 is 1.36 bits per heavy atom. The van der Waals surface area contributed by atoms with Crippen LogP contribution in [-0.4, -0.2) is 13.3 Å². The zero-order chi connectivity index (χ0) is 7.56. The molecule has 62 valence electrons. The minimum absolute atomic E-state index is 0. The lowest BCUT2D eigenvalue weighted by Crippen LogP contribution is -1.85. The Kier molecular flexibility index (Phi) is 3.91. The van der Waals surface area contributed by atoms with Crippen LogP contribution in [0.1, 0.15) is 0 Å². The predicted molar refractivity (Wildman–Crippen MR) is 42.0 cm³/mol. The molecule has 1 unspecified atom stereocenters. The molecule has 0 aromatic heterocycles. The Hall–Kier alpha value is -0.750. The van der Waals surface area contributed by atoms with Crippen molar-refractivity contribution in [3.8, 4) is 11.1 Å². The minimum Gasteiger partial charge on any atom is -0.750 e. The maximum Gasteiger partial charge on any atom is 0.0814 e. The number of hydrogen-bond acceptors (Lipinski definition) is 3. The largest absolute Gasteiger partial charge is 0.750 e. The summed E-state index contributed by atoms with van der Waals surface area (Å²) in [5, 5.41) is 0. The van der Waals surface area contributed by atoms with Crippen molar-refractivity contribution < 1.29 is 13.3 Å². The van der Waals surface area contributed by atoms with Gasteiger partial charge in [0.05, 0.1) is 11.4 Å². The first-order valence-electron chi connectivity index (χ1n) is 2.59. The van der Waals surface area contributed by atoms with Crippen molar-refractivity contribution in [3.05, 3.63) is 24.3 Å². The highest BCUT2D eigenvalue weighted by Gasteiger charge is 2.03. The monoisotopic (exact) mass is 174 g/mol. The molecule has 0 aromatic rings. The van der Waals surface area contributed by atoms with Gasteiger partial charge in [0.15, 0.2) is 0 Å². The summed E-state index contributed by atoms with van der Waals surface area (Å²) in [6.45, 7) is 0. The van der Waals surface area contributed by atoms with Crippen LogP contribution in [-0.2, 0) is 11.4 Å². The van der Waals surface area contributed by atoms with Gasteiger partial charge in [-0.2, -0.15) is 0 Å². The van der Waals surface area contributed by atoms with E-state index in [1.54, 1.807) is 0 Å². The third-order valence-electron chi connectivity index (χ3n) is 1.22. The van der Waals surface area contributed by atoms with Gasteiger partial charge in [0, 0.05) is 0 Å². The molecule has 0 spiro atoms. The molecule has 0 aromatic carbocycles. The Balaban J connectivity index is 0.000000183. The Morgan fingerprint density at radius 2 is 1.36 bits per heavy atom. The molecule has 2 aliphatic rings. The molecule has 2 rings (SSSR count). The van der Waals surface area contributed by atoms with Crippen LogP contribution in [0, 0.1) is 0 Å².